The number of hydrogen-bond donors (Lipinski definition) is 3. The van der Waals surface area contributed by atoms with Crippen LogP contribution in [0.15, 0.2) is 53.0 Å². The molecule has 8 heteroatoms. The Morgan fingerprint density at radius 3 is 2.78 bits per heavy atom. The van der Waals surface area contributed by atoms with Gasteiger partial charge in [-0.05, 0) is 17.0 Å². The molecule has 2 aromatic heterocycles. The Morgan fingerprint density at radius 1 is 1.30 bits per heavy atom. The molecule has 1 amide bonds. The summed E-state index contributed by atoms with van der Waals surface area (Å²) < 4.78 is 0. The van der Waals surface area contributed by atoms with E-state index in [1.807, 2.05) is 47.8 Å². The number of H-pyrrole nitrogens is 1. The number of rotatable bonds is 6. The first-order valence-corrected chi connectivity index (χ1v) is 8.77. The highest BCUT2D eigenvalue weighted by molar-refractivity contribution is 7.99. The topological polar surface area (TPSA) is 96.7 Å². The van der Waals surface area contributed by atoms with Crippen molar-refractivity contribution in [1.29, 1.82) is 0 Å². The molecule has 0 aliphatic rings. The number of benzene rings is 1. The van der Waals surface area contributed by atoms with Gasteiger partial charge in [-0.2, -0.15) is 4.98 Å². The van der Waals surface area contributed by atoms with Gasteiger partial charge < -0.3 is 11.1 Å². The Morgan fingerprint density at radius 2 is 2.13 bits per heavy atom. The highest BCUT2D eigenvalue weighted by atomic mass is 32.2. The van der Waals surface area contributed by atoms with E-state index in [9.17, 15) is 4.79 Å². The van der Waals surface area contributed by atoms with Crippen LogP contribution in [0.4, 0.5) is 5.95 Å². The molecule has 0 spiro atoms. The molecule has 0 saturated heterocycles. The number of carbonyl (C=O) groups is 1. The predicted molar refractivity (Wildman–Crippen MR) is 92.3 cm³/mol. The van der Waals surface area contributed by atoms with E-state index in [1.54, 1.807) is 11.3 Å². The Hall–Kier alpha value is -2.32. The van der Waals surface area contributed by atoms with Crippen molar-refractivity contribution in [2.75, 3.05) is 11.5 Å². The van der Waals surface area contributed by atoms with Crippen molar-refractivity contribution >= 4 is 35.0 Å². The van der Waals surface area contributed by atoms with E-state index < -0.39 is 0 Å². The second-order valence-corrected chi connectivity index (χ2v) is 6.64. The summed E-state index contributed by atoms with van der Waals surface area (Å²) in [4.78, 5) is 17.3. The summed E-state index contributed by atoms with van der Waals surface area (Å²) in [5.41, 5.74) is 6.52. The summed E-state index contributed by atoms with van der Waals surface area (Å²) in [5, 5.41) is 12.0. The molecule has 2 heterocycles. The normalized spacial score (nSPS) is 12.0. The molecule has 0 bridgehead atoms. The minimum atomic E-state index is -0.151. The second kappa shape index (κ2) is 7.30. The average molecular weight is 345 g/mol. The van der Waals surface area contributed by atoms with Crippen molar-refractivity contribution in [3.05, 3.63) is 58.3 Å². The number of hydrogen-bond acceptors (Lipinski definition) is 6. The Kier molecular flexibility index (Phi) is 4.94. The van der Waals surface area contributed by atoms with Gasteiger partial charge in [0, 0.05) is 4.88 Å². The maximum atomic E-state index is 12.3. The lowest BCUT2D eigenvalue weighted by Gasteiger charge is -2.17. The number of anilines is 1. The van der Waals surface area contributed by atoms with Gasteiger partial charge in [0.05, 0.1) is 11.8 Å². The lowest BCUT2D eigenvalue weighted by atomic mass is 10.1. The Balaban J connectivity index is 1.67. The fraction of sp³-hybridized carbons (Fsp3) is 0.133. The van der Waals surface area contributed by atoms with Crippen LogP contribution >= 0.6 is 23.1 Å². The molecule has 0 saturated carbocycles. The monoisotopic (exact) mass is 345 g/mol. The van der Waals surface area contributed by atoms with Crippen LogP contribution in [-0.2, 0) is 4.79 Å². The molecule has 0 fully saturated rings. The minimum absolute atomic E-state index is 0.0828. The summed E-state index contributed by atoms with van der Waals surface area (Å²) in [6.07, 6.45) is 0. The molecule has 6 nitrogen and oxygen atoms in total. The molecule has 0 unspecified atom stereocenters. The van der Waals surface area contributed by atoms with Crippen molar-refractivity contribution < 1.29 is 4.79 Å². The summed E-state index contributed by atoms with van der Waals surface area (Å²) in [5.74, 6) is 0.390. The van der Waals surface area contributed by atoms with Crippen LogP contribution in [0, 0.1) is 0 Å². The number of amides is 1. The lowest BCUT2D eigenvalue weighted by Crippen LogP contribution is -2.30. The van der Waals surface area contributed by atoms with Crippen LogP contribution in [0.3, 0.4) is 0 Å². The minimum Gasteiger partial charge on any atom is -0.368 e. The Bertz CT molecular complexity index is 757. The maximum absolute atomic E-state index is 12.3. The summed E-state index contributed by atoms with van der Waals surface area (Å²) >= 11 is 2.86. The van der Waals surface area contributed by atoms with Gasteiger partial charge in [0.25, 0.3) is 0 Å². The van der Waals surface area contributed by atoms with Crippen LogP contribution in [-0.4, -0.2) is 26.8 Å². The van der Waals surface area contributed by atoms with E-state index in [2.05, 4.69) is 20.5 Å². The zero-order valence-corrected chi connectivity index (χ0v) is 13.7. The molecular formula is C15H15N5OS2. The van der Waals surface area contributed by atoms with Gasteiger partial charge in [-0.25, -0.2) is 5.10 Å². The van der Waals surface area contributed by atoms with Crippen LogP contribution in [0.25, 0.3) is 0 Å². The number of nitrogen functional groups attached to an aromatic ring is 1. The zero-order chi connectivity index (χ0) is 16.1. The fourth-order valence-corrected chi connectivity index (χ4v) is 3.49. The summed E-state index contributed by atoms with van der Waals surface area (Å²) in [6.45, 7) is 0. The van der Waals surface area contributed by atoms with E-state index in [4.69, 9.17) is 5.73 Å². The SMILES string of the molecule is Nc1nc(SCC(=O)N[C@@H](c2ccccc2)c2cccs2)n[nH]1. The van der Waals surface area contributed by atoms with E-state index >= 15 is 0 Å². The third kappa shape index (κ3) is 4.11. The molecule has 4 N–H and O–H groups in total. The number of thiophene rings is 1. The van der Waals surface area contributed by atoms with Crippen LogP contribution in [0.5, 0.6) is 0 Å². The van der Waals surface area contributed by atoms with Crippen LogP contribution in [0.2, 0.25) is 0 Å². The van der Waals surface area contributed by atoms with E-state index in [1.165, 1.54) is 11.8 Å². The second-order valence-electron chi connectivity index (χ2n) is 4.72. The van der Waals surface area contributed by atoms with Crippen LogP contribution < -0.4 is 11.1 Å². The van der Waals surface area contributed by atoms with Gasteiger partial charge in [-0.1, -0.05) is 48.2 Å². The average Bonchev–Trinajstić information content (AvgIpc) is 3.23. The number of thioether (sulfide) groups is 1. The van der Waals surface area contributed by atoms with Crippen molar-refractivity contribution in [2.24, 2.45) is 0 Å². The first-order valence-electron chi connectivity index (χ1n) is 6.91. The highest BCUT2D eigenvalue weighted by Crippen LogP contribution is 2.26. The lowest BCUT2D eigenvalue weighted by molar-refractivity contribution is -0.119. The molecule has 0 aliphatic heterocycles. The third-order valence-corrected chi connectivity index (χ3v) is 4.86. The Labute approximate surface area is 141 Å². The van der Waals surface area contributed by atoms with Crippen molar-refractivity contribution in [3.63, 3.8) is 0 Å². The van der Waals surface area contributed by atoms with Gasteiger partial charge in [0.15, 0.2) is 0 Å². The first kappa shape index (κ1) is 15.6. The number of aromatic amines is 1. The smallest absolute Gasteiger partial charge is 0.231 e. The predicted octanol–water partition coefficient (Wildman–Crippen LogP) is 2.45. The van der Waals surface area contributed by atoms with Gasteiger partial charge in [0.2, 0.25) is 17.0 Å². The van der Waals surface area contributed by atoms with E-state index in [0.29, 0.717) is 5.16 Å². The largest absolute Gasteiger partial charge is 0.368 e. The summed E-state index contributed by atoms with van der Waals surface area (Å²) in [6, 6.07) is 13.8. The number of carbonyl (C=O) groups excluding carboxylic acids is 1. The fourth-order valence-electron chi connectivity index (χ4n) is 2.08. The van der Waals surface area contributed by atoms with Crippen molar-refractivity contribution in [1.82, 2.24) is 20.5 Å². The number of nitrogens with one attached hydrogen (secondary N) is 2. The molecular weight excluding hydrogens is 330 g/mol. The van der Waals surface area contributed by atoms with E-state index in [0.717, 1.165) is 10.4 Å². The molecule has 1 atom stereocenters. The molecule has 0 radical (unpaired) electrons. The molecule has 118 valence electrons. The van der Waals surface area contributed by atoms with Gasteiger partial charge in [-0.3, -0.25) is 4.79 Å². The van der Waals surface area contributed by atoms with Crippen molar-refractivity contribution in [3.8, 4) is 0 Å². The number of nitrogens with zero attached hydrogens (tertiary/aromatic N) is 2. The molecule has 3 rings (SSSR count). The van der Waals surface area contributed by atoms with Crippen LogP contribution in [0.1, 0.15) is 16.5 Å². The standard InChI is InChI=1S/C15H15N5OS2/c16-14-18-15(20-19-14)23-9-12(21)17-13(11-7-4-8-22-11)10-5-2-1-3-6-10/h1-8,13H,9H2,(H,17,21)(H3,16,18,19,20)/t13-/m0/s1. The molecule has 23 heavy (non-hydrogen) atoms. The number of nitrogens with two attached hydrogens (primary N) is 1. The molecule has 0 aliphatic carbocycles. The zero-order valence-electron chi connectivity index (χ0n) is 12.1. The molecule has 3 aromatic rings. The number of aromatic nitrogens is 3. The third-order valence-electron chi connectivity index (χ3n) is 3.08. The summed E-state index contributed by atoms with van der Waals surface area (Å²) in [7, 11) is 0. The van der Waals surface area contributed by atoms with Crippen molar-refractivity contribution in [2.45, 2.75) is 11.2 Å². The van der Waals surface area contributed by atoms with Gasteiger partial charge in [-0.15, -0.1) is 16.4 Å². The quantitative estimate of drug-likeness (QED) is 0.596. The van der Waals surface area contributed by atoms with E-state index in [-0.39, 0.29) is 23.7 Å². The maximum Gasteiger partial charge on any atom is 0.231 e. The highest BCUT2D eigenvalue weighted by Gasteiger charge is 2.18. The van der Waals surface area contributed by atoms with Gasteiger partial charge >= 0.3 is 0 Å². The molecule has 1 aromatic carbocycles. The first-order chi connectivity index (χ1) is 11.2. The van der Waals surface area contributed by atoms with Gasteiger partial charge in [0.1, 0.15) is 0 Å².